The summed E-state index contributed by atoms with van der Waals surface area (Å²) >= 11 is 0. The van der Waals surface area contributed by atoms with E-state index in [1.54, 1.807) is 0 Å². The topological polar surface area (TPSA) is 3.24 Å². The second kappa shape index (κ2) is 12.4. The van der Waals surface area contributed by atoms with Crippen LogP contribution in [-0.2, 0) is 0 Å². The molecule has 0 aliphatic rings. The number of anilines is 1. The van der Waals surface area contributed by atoms with Crippen molar-refractivity contribution in [3.8, 4) is 0 Å². The Morgan fingerprint density at radius 1 is 0.526 bits per heavy atom. The molecule has 0 aliphatic heterocycles. The van der Waals surface area contributed by atoms with Crippen LogP contribution in [0.3, 0.4) is 0 Å². The molecule has 0 saturated heterocycles. The standard InChI is InChI=1S/C36H32NP/c1-29-23-25-32(26-24-29)37(2)35(30-15-7-3-8-16-30)27-28-36(31-17-9-4-10-18-31)38(33-19-11-5-12-20-33)34-21-13-6-14-22-34/h3-28H,1-2H3/b35-27-,36-28+. The van der Waals surface area contributed by atoms with Gasteiger partial charge in [-0.05, 0) is 60.1 Å². The van der Waals surface area contributed by atoms with Crippen LogP contribution in [0.1, 0.15) is 16.7 Å². The van der Waals surface area contributed by atoms with Crippen LogP contribution in [-0.4, -0.2) is 7.05 Å². The molecule has 5 aromatic rings. The van der Waals surface area contributed by atoms with E-state index >= 15 is 0 Å². The highest BCUT2D eigenvalue weighted by Gasteiger charge is 2.20. The van der Waals surface area contributed by atoms with E-state index in [0.29, 0.717) is 0 Å². The Balaban J connectivity index is 1.70. The van der Waals surface area contributed by atoms with Crippen LogP contribution in [0.25, 0.3) is 11.0 Å². The second-order valence-electron chi connectivity index (χ2n) is 9.24. The third kappa shape index (κ3) is 6.02. The molecule has 0 spiro atoms. The Labute approximate surface area is 228 Å². The first-order valence-electron chi connectivity index (χ1n) is 12.9. The number of hydrogen-bond donors (Lipinski definition) is 0. The molecule has 186 valence electrons. The summed E-state index contributed by atoms with van der Waals surface area (Å²) in [4.78, 5) is 2.28. The van der Waals surface area contributed by atoms with Crippen molar-refractivity contribution in [3.05, 3.63) is 174 Å². The molecule has 2 heteroatoms. The molecule has 0 amide bonds. The van der Waals surface area contributed by atoms with Gasteiger partial charge in [0.2, 0.25) is 0 Å². The van der Waals surface area contributed by atoms with Crippen molar-refractivity contribution in [2.45, 2.75) is 6.92 Å². The minimum absolute atomic E-state index is 0.770. The van der Waals surface area contributed by atoms with E-state index in [1.165, 1.54) is 32.6 Å². The molecule has 0 atom stereocenters. The molecule has 0 aromatic heterocycles. The molecular formula is C36H32NP. The van der Waals surface area contributed by atoms with Gasteiger partial charge in [-0.2, -0.15) is 0 Å². The maximum atomic E-state index is 2.34. The zero-order valence-electron chi connectivity index (χ0n) is 21.9. The SMILES string of the molecule is Cc1ccc(N(C)/C(=C\C=C(/c2ccccc2)P(c2ccccc2)c2ccccc2)c2ccccc2)cc1. The minimum Gasteiger partial charge on any atom is -0.344 e. The van der Waals surface area contributed by atoms with E-state index < -0.39 is 7.92 Å². The van der Waals surface area contributed by atoms with Gasteiger partial charge in [0.15, 0.2) is 0 Å². The van der Waals surface area contributed by atoms with E-state index in [0.717, 1.165) is 11.4 Å². The van der Waals surface area contributed by atoms with Gasteiger partial charge in [-0.15, -0.1) is 0 Å². The van der Waals surface area contributed by atoms with Gasteiger partial charge in [0.05, 0.1) is 0 Å². The zero-order chi connectivity index (χ0) is 26.2. The fourth-order valence-corrected chi connectivity index (χ4v) is 6.99. The third-order valence-electron chi connectivity index (χ3n) is 6.59. The molecule has 0 aliphatic carbocycles. The van der Waals surface area contributed by atoms with Crippen molar-refractivity contribution in [2.75, 3.05) is 11.9 Å². The van der Waals surface area contributed by atoms with Crippen molar-refractivity contribution in [1.29, 1.82) is 0 Å². The lowest BCUT2D eigenvalue weighted by molar-refractivity contribution is 1.21. The normalized spacial score (nSPS) is 12.0. The first-order chi connectivity index (χ1) is 18.7. The van der Waals surface area contributed by atoms with Gasteiger partial charge in [0.1, 0.15) is 0 Å². The molecule has 5 rings (SSSR count). The van der Waals surface area contributed by atoms with Crippen LogP contribution in [0.2, 0.25) is 0 Å². The van der Waals surface area contributed by atoms with Gasteiger partial charge in [-0.25, -0.2) is 0 Å². The summed E-state index contributed by atoms with van der Waals surface area (Å²) in [6, 6.07) is 52.0. The summed E-state index contributed by atoms with van der Waals surface area (Å²) in [5.41, 5.74) is 6.00. The molecule has 5 aromatic carbocycles. The van der Waals surface area contributed by atoms with Gasteiger partial charge in [0, 0.05) is 18.4 Å². The molecule has 0 heterocycles. The van der Waals surface area contributed by atoms with Crippen LogP contribution in [0.4, 0.5) is 5.69 Å². The number of rotatable bonds is 8. The third-order valence-corrected chi connectivity index (χ3v) is 9.11. The molecule has 0 fully saturated rings. The summed E-state index contributed by atoms with van der Waals surface area (Å²) in [5, 5.41) is 4.00. The van der Waals surface area contributed by atoms with Gasteiger partial charge in [-0.3, -0.25) is 0 Å². The van der Waals surface area contributed by atoms with Crippen LogP contribution >= 0.6 is 7.92 Å². The van der Waals surface area contributed by atoms with Crippen LogP contribution < -0.4 is 15.5 Å². The zero-order valence-corrected chi connectivity index (χ0v) is 22.8. The van der Waals surface area contributed by atoms with E-state index in [-0.39, 0.29) is 0 Å². The molecule has 0 radical (unpaired) electrons. The first-order valence-corrected chi connectivity index (χ1v) is 14.3. The molecule has 1 nitrogen and oxygen atoms in total. The van der Waals surface area contributed by atoms with Crippen molar-refractivity contribution in [1.82, 2.24) is 0 Å². The Bertz CT molecular complexity index is 1450. The van der Waals surface area contributed by atoms with Gasteiger partial charge >= 0.3 is 0 Å². The molecule has 0 bridgehead atoms. The van der Waals surface area contributed by atoms with E-state index in [9.17, 15) is 0 Å². The van der Waals surface area contributed by atoms with E-state index in [4.69, 9.17) is 0 Å². The highest BCUT2D eigenvalue weighted by Crippen LogP contribution is 2.49. The number of nitrogens with zero attached hydrogens (tertiary/aromatic N) is 1. The van der Waals surface area contributed by atoms with Crippen molar-refractivity contribution < 1.29 is 0 Å². The predicted octanol–water partition coefficient (Wildman–Crippen LogP) is 8.65. The summed E-state index contributed by atoms with van der Waals surface area (Å²) in [6.45, 7) is 2.13. The number of aryl methyl sites for hydroxylation is 1. The molecule has 0 N–H and O–H groups in total. The fraction of sp³-hybridized carbons (Fsp3) is 0.0556. The number of benzene rings is 5. The quantitative estimate of drug-likeness (QED) is 0.149. The van der Waals surface area contributed by atoms with Crippen molar-refractivity contribution >= 4 is 35.2 Å². The first kappa shape index (κ1) is 25.5. The lowest BCUT2D eigenvalue weighted by Gasteiger charge is -2.25. The highest BCUT2D eigenvalue weighted by atomic mass is 31.1. The van der Waals surface area contributed by atoms with Crippen LogP contribution in [0.5, 0.6) is 0 Å². The fourth-order valence-electron chi connectivity index (χ4n) is 4.57. The van der Waals surface area contributed by atoms with E-state index in [2.05, 4.69) is 177 Å². The Morgan fingerprint density at radius 3 is 1.47 bits per heavy atom. The lowest BCUT2D eigenvalue weighted by Crippen LogP contribution is -2.15. The van der Waals surface area contributed by atoms with Gasteiger partial charge < -0.3 is 4.90 Å². The summed E-state index contributed by atoms with van der Waals surface area (Å²) in [6.07, 6.45) is 4.63. The number of hydrogen-bond acceptors (Lipinski definition) is 1. The molecular weight excluding hydrogens is 477 g/mol. The monoisotopic (exact) mass is 509 g/mol. The number of allylic oxidation sites excluding steroid dienone is 2. The van der Waals surface area contributed by atoms with Gasteiger partial charge in [0.25, 0.3) is 0 Å². The maximum absolute atomic E-state index is 2.34. The smallest absolute Gasteiger partial charge is 0.0481 e. The average molecular weight is 510 g/mol. The summed E-state index contributed by atoms with van der Waals surface area (Å²) in [7, 11) is 1.38. The Kier molecular flexibility index (Phi) is 8.29. The second-order valence-corrected chi connectivity index (χ2v) is 11.4. The molecule has 0 saturated carbocycles. The molecule has 0 unspecified atom stereocenters. The van der Waals surface area contributed by atoms with Crippen LogP contribution in [0, 0.1) is 6.92 Å². The largest absolute Gasteiger partial charge is 0.344 e. The molecule has 38 heavy (non-hydrogen) atoms. The van der Waals surface area contributed by atoms with Gasteiger partial charge in [-0.1, -0.05) is 145 Å². The predicted molar refractivity (Wildman–Crippen MR) is 167 cm³/mol. The summed E-state index contributed by atoms with van der Waals surface area (Å²) in [5.74, 6) is 0. The lowest BCUT2D eigenvalue weighted by atomic mass is 10.1. The van der Waals surface area contributed by atoms with Crippen LogP contribution in [0.15, 0.2) is 158 Å². The average Bonchev–Trinajstić information content (AvgIpc) is 2.99. The Hall–Kier alpha value is -4.19. The maximum Gasteiger partial charge on any atom is 0.0481 e. The van der Waals surface area contributed by atoms with Crippen molar-refractivity contribution in [3.63, 3.8) is 0 Å². The minimum atomic E-state index is -0.770. The van der Waals surface area contributed by atoms with E-state index in [1.807, 2.05) is 0 Å². The summed E-state index contributed by atoms with van der Waals surface area (Å²) < 4.78 is 0. The van der Waals surface area contributed by atoms with Crippen molar-refractivity contribution in [2.24, 2.45) is 0 Å². The Morgan fingerprint density at radius 2 is 0.974 bits per heavy atom. The highest BCUT2D eigenvalue weighted by molar-refractivity contribution is 7.82.